The van der Waals surface area contributed by atoms with Gasteiger partial charge >= 0.3 is 0 Å². The van der Waals surface area contributed by atoms with Crippen molar-refractivity contribution in [1.29, 1.82) is 5.26 Å². The van der Waals surface area contributed by atoms with Crippen molar-refractivity contribution in [2.45, 2.75) is 6.92 Å². The Labute approximate surface area is 166 Å². The van der Waals surface area contributed by atoms with Crippen LogP contribution in [-0.2, 0) is 0 Å². The largest absolute Gasteiger partial charge is 0.508 e. The van der Waals surface area contributed by atoms with E-state index in [4.69, 9.17) is 0 Å². The number of aromatic hydroxyl groups is 1. The number of hydrogen-bond donors (Lipinski definition) is 2. The average molecular weight is 384 g/mol. The molecular formula is C22H16N4OS. The minimum absolute atomic E-state index is 0.167. The van der Waals surface area contributed by atoms with Gasteiger partial charge in [0.1, 0.15) is 11.8 Å². The molecule has 2 N–H and O–H groups in total. The SMILES string of the molecule is Cc1sc(-c2ccnc(Nc3cccc(O)c3)n2)c(-c2ccccc2)c1C#N. The van der Waals surface area contributed by atoms with Crippen molar-refractivity contribution in [3.05, 3.63) is 77.3 Å². The van der Waals surface area contributed by atoms with Crippen LogP contribution in [0.25, 0.3) is 21.7 Å². The fraction of sp³-hybridized carbons (Fsp3) is 0.0455. The Bertz CT molecular complexity index is 1180. The first-order chi connectivity index (χ1) is 13.7. The topological polar surface area (TPSA) is 81.8 Å². The van der Waals surface area contributed by atoms with E-state index in [0.717, 1.165) is 26.6 Å². The Morgan fingerprint density at radius 2 is 1.89 bits per heavy atom. The number of phenolic OH excluding ortho intramolecular Hbond substituents is 1. The van der Waals surface area contributed by atoms with Crippen molar-refractivity contribution in [3.8, 4) is 33.5 Å². The van der Waals surface area contributed by atoms with E-state index < -0.39 is 0 Å². The molecule has 0 saturated carbocycles. The Balaban J connectivity index is 1.79. The summed E-state index contributed by atoms with van der Waals surface area (Å²) < 4.78 is 0. The Hall–Kier alpha value is -3.69. The molecule has 0 amide bonds. The second kappa shape index (κ2) is 7.51. The van der Waals surface area contributed by atoms with Crippen LogP contribution in [0.5, 0.6) is 5.75 Å². The molecular weight excluding hydrogens is 368 g/mol. The molecule has 4 rings (SSSR count). The third-order valence-electron chi connectivity index (χ3n) is 4.25. The number of nitriles is 1. The van der Waals surface area contributed by atoms with Gasteiger partial charge in [0.2, 0.25) is 5.95 Å². The van der Waals surface area contributed by atoms with Gasteiger partial charge in [0.15, 0.2) is 0 Å². The first-order valence-corrected chi connectivity index (χ1v) is 9.46. The summed E-state index contributed by atoms with van der Waals surface area (Å²) in [4.78, 5) is 10.8. The zero-order valence-electron chi connectivity index (χ0n) is 15.0. The molecule has 28 heavy (non-hydrogen) atoms. The summed E-state index contributed by atoms with van der Waals surface area (Å²) in [6.45, 7) is 1.95. The van der Waals surface area contributed by atoms with Crippen LogP contribution in [0.3, 0.4) is 0 Å². The molecule has 0 aliphatic carbocycles. The Kier molecular flexibility index (Phi) is 4.75. The lowest BCUT2D eigenvalue weighted by Gasteiger charge is -2.08. The predicted molar refractivity (Wildman–Crippen MR) is 112 cm³/mol. The number of benzene rings is 2. The van der Waals surface area contributed by atoms with Gasteiger partial charge in [0.05, 0.1) is 16.1 Å². The summed E-state index contributed by atoms with van der Waals surface area (Å²) >= 11 is 1.55. The van der Waals surface area contributed by atoms with Crippen LogP contribution in [-0.4, -0.2) is 15.1 Å². The first-order valence-electron chi connectivity index (χ1n) is 8.64. The van der Waals surface area contributed by atoms with Crippen LogP contribution >= 0.6 is 11.3 Å². The number of anilines is 2. The normalized spacial score (nSPS) is 10.4. The lowest BCUT2D eigenvalue weighted by atomic mass is 10.00. The fourth-order valence-corrected chi connectivity index (χ4v) is 4.09. The second-order valence-electron chi connectivity index (χ2n) is 6.16. The fourth-order valence-electron chi connectivity index (χ4n) is 3.00. The summed E-state index contributed by atoms with van der Waals surface area (Å²) in [6, 6.07) is 20.8. The molecule has 0 aliphatic heterocycles. The Morgan fingerprint density at radius 1 is 1.07 bits per heavy atom. The van der Waals surface area contributed by atoms with E-state index in [0.29, 0.717) is 17.2 Å². The molecule has 0 unspecified atom stereocenters. The lowest BCUT2D eigenvalue weighted by Crippen LogP contribution is -1.97. The molecule has 6 heteroatoms. The van der Waals surface area contributed by atoms with E-state index in [1.165, 1.54) is 0 Å². The molecule has 0 spiro atoms. The standard InChI is InChI=1S/C22H16N4OS/c1-14-18(13-23)20(15-6-3-2-4-7-15)21(28-14)19-10-11-24-22(26-19)25-16-8-5-9-17(27)12-16/h2-12,27H,1H3,(H,24,25,26). The minimum Gasteiger partial charge on any atom is -0.508 e. The van der Waals surface area contributed by atoms with Gasteiger partial charge < -0.3 is 10.4 Å². The third-order valence-corrected chi connectivity index (χ3v) is 5.38. The van der Waals surface area contributed by atoms with Gasteiger partial charge in [-0.25, -0.2) is 9.97 Å². The van der Waals surface area contributed by atoms with E-state index in [9.17, 15) is 10.4 Å². The number of phenols is 1. The number of aromatic nitrogens is 2. The smallest absolute Gasteiger partial charge is 0.227 e. The summed E-state index contributed by atoms with van der Waals surface area (Å²) in [7, 11) is 0. The van der Waals surface area contributed by atoms with E-state index in [1.807, 2.05) is 49.4 Å². The van der Waals surface area contributed by atoms with Gasteiger partial charge in [-0.05, 0) is 30.7 Å². The highest BCUT2D eigenvalue weighted by Gasteiger charge is 2.19. The summed E-state index contributed by atoms with van der Waals surface area (Å²) in [5.41, 5.74) is 3.99. The van der Waals surface area contributed by atoms with Gasteiger partial charge in [-0.2, -0.15) is 5.26 Å². The first kappa shape index (κ1) is 17.7. The molecule has 0 fully saturated rings. The number of nitrogens with zero attached hydrogens (tertiary/aromatic N) is 3. The summed E-state index contributed by atoms with van der Waals surface area (Å²) in [6.07, 6.45) is 1.68. The van der Waals surface area contributed by atoms with Crippen molar-refractivity contribution in [2.24, 2.45) is 0 Å². The third kappa shape index (κ3) is 3.43. The van der Waals surface area contributed by atoms with E-state index in [2.05, 4.69) is 21.4 Å². The number of aryl methyl sites for hydroxylation is 1. The maximum absolute atomic E-state index is 9.68. The summed E-state index contributed by atoms with van der Waals surface area (Å²) in [5, 5.41) is 22.4. The van der Waals surface area contributed by atoms with Crippen molar-refractivity contribution in [1.82, 2.24) is 9.97 Å². The monoisotopic (exact) mass is 384 g/mol. The molecule has 5 nitrogen and oxygen atoms in total. The number of nitrogens with one attached hydrogen (secondary N) is 1. The zero-order chi connectivity index (χ0) is 19.5. The second-order valence-corrected chi connectivity index (χ2v) is 7.38. The molecule has 0 saturated heterocycles. The van der Waals surface area contributed by atoms with Crippen LogP contribution in [0.1, 0.15) is 10.4 Å². The maximum atomic E-state index is 9.68. The molecule has 2 aromatic carbocycles. The molecule has 0 atom stereocenters. The van der Waals surface area contributed by atoms with Gasteiger partial charge in [-0.1, -0.05) is 36.4 Å². The van der Waals surface area contributed by atoms with Crippen molar-refractivity contribution in [3.63, 3.8) is 0 Å². The van der Waals surface area contributed by atoms with E-state index >= 15 is 0 Å². The number of rotatable bonds is 4. The van der Waals surface area contributed by atoms with Gasteiger partial charge in [0.25, 0.3) is 0 Å². The van der Waals surface area contributed by atoms with E-state index in [-0.39, 0.29) is 5.75 Å². The molecule has 0 radical (unpaired) electrons. The van der Waals surface area contributed by atoms with Crippen molar-refractivity contribution >= 4 is 23.0 Å². The maximum Gasteiger partial charge on any atom is 0.227 e. The zero-order valence-corrected chi connectivity index (χ0v) is 15.9. The highest BCUT2D eigenvalue weighted by molar-refractivity contribution is 7.16. The van der Waals surface area contributed by atoms with Gasteiger partial charge in [0, 0.05) is 28.4 Å². The van der Waals surface area contributed by atoms with Crippen LogP contribution in [0.15, 0.2) is 66.9 Å². The number of hydrogen-bond acceptors (Lipinski definition) is 6. The van der Waals surface area contributed by atoms with Crippen LogP contribution in [0, 0.1) is 18.3 Å². The highest BCUT2D eigenvalue weighted by Crippen LogP contribution is 2.42. The van der Waals surface area contributed by atoms with Crippen molar-refractivity contribution in [2.75, 3.05) is 5.32 Å². The van der Waals surface area contributed by atoms with Gasteiger partial charge in [-0.3, -0.25) is 0 Å². The number of thiophene rings is 1. The van der Waals surface area contributed by atoms with E-state index in [1.54, 1.807) is 35.7 Å². The predicted octanol–water partition coefficient (Wildman–Crippen LogP) is 5.50. The molecule has 136 valence electrons. The van der Waals surface area contributed by atoms with Crippen molar-refractivity contribution < 1.29 is 5.11 Å². The van der Waals surface area contributed by atoms with Crippen LogP contribution < -0.4 is 5.32 Å². The highest BCUT2D eigenvalue weighted by atomic mass is 32.1. The molecule has 2 aromatic heterocycles. The summed E-state index contributed by atoms with van der Waals surface area (Å²) in [5.74, 6) is 0.590. The van der Waals surface area contributed by atoms with Crippen LogP contribution in [0.2, 0.25) is 0 Å². The minimum atomic E-state index is 0.167. The Morgan fingerprint density at radius 3 is 2.64 bits per heavy atom. The molecule has 0 aliphatic rings. The molecule has 4 aromatic rings. The average Bonchev–Trinajstić information content (AvgIpc) is 3.05. The molecule has 0 bridgehead atoms. The lowest BCUT2D eigenvalue weighted by molar-refractivity contribution is 0.475. The van der Waals surface area contributed by atoms with Gasteiger partial charge in [-0.15, -0.1) is 11.3 Å². The molecule has 2 heterocycles. The quantitative estimate of drug-likeness (QED) is 0.485. The van der Waals surface area contributed by atoms with Crippen LogP contribution in [0.4, 0.5) is 11.6 Å².